The highest BCUT2D eigenvalue weighted by Gasteiger charge is 2.27. The van der Waals surface area contributed by atoms with Crippen LogP contribution in [0.4, 0.5) is 10.1 Å². The maximum Gasteiger partial charge on any atom is 0.265 e. The van der Waals surface area contributed by atoms with E-state index in [9.17, 15) is 14.0 Å². The number of ketones is 1. The fraction of sp³-hybridized carbons (Fsp3) is 0.154. The van der Waals surface area contributed by atoms with Crippen LogP contribution in [0.5, 0.6) is 11.5 Å². The summed E-state index contributed by atoms with van der Waals surface area (Å²) in [5.41, 5.74) is 0.881. The summed E-state index contributed by atoms with van der Waals surface area (Å²) in [6.45, 7) is 1.74. The van der Waals surface area contributed by atoms with Gasteiger partial charge in [0.2, 0.25) is 5.78 Å². The molecule has 3 aromatic carbocycles. The molecular weight excluding hydrogens is 461 g/mol. The summed E-state index contributed by atoms with van der Waals surface area (Å²) in [6.07, 6.45) is -0.725. The maximum atomic E-state index is 14.0. The summed E-state index contributed by atoms with van der Waals surface area (Å²) in [4.78, 5) is 26.4. The predicted molar refractivity (Wildman–Crippen MR) is 127 cm³/mol. The first kappa shape index (κ1) is 23.3. The quantitative estimate of drug-likeness (QED) is 0.300. The van der Waals surface area contributed by atoms with E-state index in [4.69, 9.17) is 25.5 Å². The molecule has 1 aromatic heterocycles. The first-order chi connectivity index (χ1) is 16.4. The van der Waals surface area contributed by atoms with Crippen molar-refractivity contribution in [3.63, 3.8) is 0 Å². The van der Waals surface area contributed by atoms with Gasteiger partial charge in [-0.3, -0.25) is 9.59 Å². The molecule has 0 aliphatic carbocycles. The molecule has 0 spiro atoms. The molecule has 0 aliphatic heterocycles. The molecular formula is C26H21ClFNO5. The van der Waals surface area contributed by atoms with E-state index in [1.54, 1.807) is 49.4 Å². The van der Waals surface area contributed by atoms with Crippen molar-refractivity contribution >= 4 is 39.9 Å². The Balaban J connectivity index is 1.68. The number of para-hydroxylation sites is 2. The van der Waals surface area contributed by atoms with Gasteiger partial charge in [-0.05, 0) is 48.9 Å². The Kier molecular flexibility index (Phi) is 6.84. The lowest BCUT2D eigenvalue weighted by Gasteiger charge is -2.17. The number of hydrogen-bond acceptors (Lipinski definition) is 5. The molecule has 1 atom stereocenters. The van der Waals surface area contributed by atoms with Crippen molar-refractivity contribution in [3.8, 4) is 11.5 Å². The fourth-order valence-electron chi connectivity index (χ4n) is 3.49. The number of rotatable bonds is 8. The molecule has 1 amide bonds. The Morgan fingerprint density at radius 3 is 2.50 bits per heavy atom. The summed E-state index contributed by atoms with van der Waals surface area (Å²) in [5.74, 6) is -1.26. The average Bonchev–Trinajstić information content (AvgIpc) is 3.21. The zero-order valence-electron chi connectivity index (χ0n) is 18.4. The summed E-state index contributed by atoms with van der Waals surface area (Å²) in [6, 6.07) is 17.4. The van der Waals surface area contributed by atoms with E-state index in [1.165, 1.54) is 31.4 Å². The zero-order chi connectivity index (χ0) is 24.2. The van der Waals surface area contributed by atoms with Crippen molar-refractivity contribution in [3.05, 3.63) is 88.9 Å². The van der Waals surface area contributed by atoms with Crippen LogP contribution in [0.25, 0.3) is 11.0 Å². The van der Waals surface area contributed by atoms with Gasteiger partial charge in [-0.25, -0.2) is 4.39 Å². The van der Waals surface area contributed by atoms with E-state index in [0.717, 1.165) is 0 Å². The fourth-order valence-corrected chi connectivity index (χ4v) is 3.75. The summed E-state index contributed by atoms with van der Waals surface area (Å²) < 4.78 is 30.6. The van der Waals surface area contributed by atoms with Gasteiger partial charge in [-0.1, -0.05) is 42.8 Å². The number of nitrogens with one attached hydrogen (secondary N) is 1. The molecule has 1 N–H and O–H groups in total. The number of furan rings is 1. The van der Waals surface area contributed by atoms with Crippen molar-refractivity contribution < 1.29 is 27.9 Å². The molecule has 34 heavy (non-hydrogen) atoms. The van der Waals surface area contributed by atoms with Gasteiger partial charge in [0.05, 0.1) is 17.8 Å². The van der Waals surface area contributed by atoms with Crippen LogP contribution in [0.15, 0.2) is 71.1 Å². The minimum absolute atomic E-state index is 0.0364. The van der Waals surface area contributed by atoms with Crippen LogP contribution in [-0.2, 0) is 4.79 Å². The minimum atomic E-state index is -0.996. The standard InChI is InChI=1S/C26H21ClFNO5/c1-3-19(33-22-11-7-5-9-18(22)28)26(31)29-23-16-8-4-6-10-20(16)34-25(23)24(30)15-12-13-21(32-2)17(27)14-15/h4-14,19H,3H2,1-2H3,(H,29,31). The van der Waals surface area contributed by atoms with Gasteiger partial charge in [-0.15, -0.1) is 0 Å². The van der Waals surface area contributed by atoms with Crippen LogP contribution in [0, 0.1) is 5.82 Å². The van der Waals surface area contributed by atoms with Crippen molar-refractivity contribution in [2.24, 2.45) is 0 Å². The second-order valence-corrected chi connectivity index (χ2v) is 7.82. The number of carbonyl (C=O) groups is 2. The Morgan fingerprint density at radius 2 is 1.79 bits per heavy atom. The first-order valence-electron chi connectivity index (χ1n) is 10.5. The molecule has 4 rings (SSSR count). The van der Waals surface area contributed by atoms with Crippen LogP contribution in [0.3, 0.4) is 0 Å². The third-order valence-electron chi connectivity index (χ3n) is 5.23. The highest BCUT2D eigenvalue weighted by Crippen LogP contribution is 2.34. The topological polar surface area (TPSA) is 77.8 Å². The molecule has 0 fully saturated rings. The molecule has 0 radical (unpaired) electrons. The van der Waals surface area contributed by atoms with Gasteiger partial charge in [0.1, 0.15) is 11.3 Å². The molecule has 1 heterocycles. The van der Waals surface area contributed by atoms with Crippen LogP contribution in [-0.4, -0.2) is 24.9 Å². The van der Waals surface area contributed by atoms with E-state index in [0.29, 0.717) is 16.7 Å². The number of carbonyl (C=O) groups excluding carboxylic acids is 2. The minimum Gasteiger partial charge on any atom is -0.495 e. The second kappa shape index (κ2) is 9.97. The number of hydrogen-bond donors (Lipinski definition) is 1. The monoisotopic (exact) mass is 481 g/mol. The molecule has 0 saturated heterocycles. The van der Waals surface area contributed by atoms with E-state index >= 15 is 0 Å². The van der Waals surface area contributed by atoms with Crippen molar-refractivity contribution in [1.29, 1.82) is 0 Å². The molecule has 6 nitrogen and oxygen atoms in total. The lowest BCUT2D eigenvalue weighted by molar-refractivity contribution is -0.122. The lowest BCUT2D eigenvalue weighted by Crippen LogP contribution is -2.33. The summed E-state index contributed by atoms with van der Waals surface area (Å²) in [7, 11) is 1.48. The Labute approximate surface area is 200 Å². The average molecular weight is 482 g/mol. The number of amides is 1. The van der Waals surface area contributed by atoms with Gasteiger partial charge < -0.3 is 19.2 Å². The second-order valence-electron chi connectivity index (χ2n) is 7.42. The molecule has 0 bridgehead atoms. The van der Waals surface area contributed by atoms with Crippen molar-refractivity contribution in [1.82, 2.24) is 0 Å². The van der Waals surface area contributed by atoms with Crippen LogP contribution >= 0.6 is 11.6 Å². The summed E-state index contributed by atoms with van der Waals surface area (Å²) in [5, 5.41) is 3.56. The predicted octanol–water partition coefficient (Wildman–Crippen LogP) is 6.26. The number of methoxy groups -OCH3 is 1. The highest BCUT2D eigenvalue weighted by atomic mass is 35.5. The van der Waals surface area contributed by atoms with Crippen LogP contribution in [0.1, 0.15) is 29.5 Å². The first-order valence-corrected chi connectivity index (χ1v) is 10.9. The number of ether oxygens (including phenoxy) is 2. The molecule has 174 valence electrons. The molecule has 4 aromatic rings. The third kappa shape index (κ3) is 4.61. The maximum absolute atomic E-state index is 14.0. The molecule has 1 unspecified atom stereocenters. The molecule has 0 saturated carbocycles. The number of halogens is 2. The van der Waals surface area contributed by atoms with Crippen molar-refractivity contribution in [2.45, 2.75) is 19.4 Å². The van der Waals surface area contributed by atoms with Gasteiger partial charge in [0.15, 0.2) is 23.4 Å². The normalized spacial score (nSPS) is 11.8. The van der Waals surface area contributed by atoms with Gasteiger partial charge >= 0.3 is 0 Å². The highest BCUT2D eigenvalue weighted by molar-refractivity contribution is 6.32. The van der Waals surface area contributed by atoms with Crippen LogP contribution in [0.2, 0.25) is 5.02 Å². The lowest BCUT2D eigenvalue weighted by atomic mass is 10.1. The summed E-state index contributed by atoms with van der Waals surface area (Å²) >= 11 is 6.19. The Hall–Kier alpha value is -3.84. The third-order valence-corrected chi connectivity index (χ3v) is 5.53. The smallest absolute Gasteiger partial charge is 0.265 e. The number of anilines is 1. The largest absolute Gasteiger partial charge is 0.495 e. The Morgan fingerprint density at radius 1 is 1.06 bits per heavy atom. The van der Waals surface area contributed by atoms with Crippen molar-refractivity contribution in [2.75, 3.05) is 12.4 Å². The van der Waals surface area contributed by atoms with E-state index < -0.39 is 23.6 Å². The Bertz CT molecular complexity index is 1370. The van der Waals surface area contributed by atoms with E-state index in [1.807, 2.05) is 0 Å². The van der Waals surface area contributed by atoms with Gasteiger partial charge in [0.25, 0.3) is 5.91 Å². The molecule has 8 heteroatoms. The van der Waals surface area contributed by atoms with E-state index in [2.05, 4.69) is 5.32 Å². The number of fused-ring (bicyclic) bond motifs is 1. The van der Waals surface area contributed by atoms with E-state index in [-0.39, 0.29) is 34.2 Å². The number of benzene rings is 3. The van der Waals surface area contributed by atoms with Gasteiger partial charge in [-0.2, -0.15) is 0 Å². The zero-order valence-corrected chi connectivity index (χ0v) is 19.2. The van der Waals surface area contributed by atoms with Crippen LogP contribution < -0.4 is 14.8 Å². The SMILES string of the molecule is CCC(Oc1ccccc1F)C(=O)Nc1c(C(=O)c2ccc(OC)c(Cl)c2)oc2ccccc12. The van der Waals surface area contributed by atoms with Gasteiger partial charge in [0, 0.05) is 10.9 Å². The molecule has 0 aliphatic rings.